The van der Waals surface area contributed by atoms with E-state index in [1.165, 1.54) is 0 Å². The van der Waals surface area contributed by atoms with Crippen LogP contribution in [0.1, 0.15) is 50.5 Å². The lowest BCUT2D eigenvalue weighted by atomic mass is 10.0. The molecular weight excluding hydrogens is 242 g/mol. The highest BCUT2D eigenvalue weighted by atomic mass is 16.6. The van der Waals surface area contributed by atoms with Gasteiger partial charge in [0, 0.05) is 13.1 Å². The molecule has 0 fully saturated rings. The Balaban J connectivity index is 2.10. The summed E-state index contributed by atoms with van der Waals surface area (Å²) in [5.41, 5.74) is 2.61. The summed E-state index contributed by atoms with van der Waals surface area (Å²) in [4.78, 5) is 13.7. The molecule has 1 aromatic rings. The Morgan fingerprint density at radius 3 is 2.53 bits per heavy atom. The molecule has 1 unspecified atom stereocenters. The van der Waals surface area contributed by atoms with Crippen molar-refractivity contribution >= 4 is 6.09 Å². The molecule has 0 spiro atoms. The SMILES string of the molecule is CC(O)c1ccc2c(c1)CN(C(=O)OC(C)(C)C)C2. The fraction of sp³-hybridized carbons (Fsp3) is 0.533. The fourth-order valence-corrected chi connectivity index (χ4v) is 2.13. The van der Waals surface area contributed by atoms with Gasteiger partial charge < -0.3 is 9.84 Å². The highest BCUT2D eigenvalue weighted by molar-refractivity contribution is 5.69. The molecule has 1 amide bonds. The van der Waals surface area contributed by atoms with Gasteiger partial charge in [0.2, 0.25) is 0 Å². The summed E-state index contributed by atoms with van der Waals surface area (Å²) in [6.45, 7) is 8.44. The number of rotatable bonds is 1. The van der Waals surface area contributed by atoms with Crippen LogP contribution >= 0.6 is 0 Å². The summed E-state index contributed by atoms with van der Waals surface area (Å²) >= 11 is 0. The van der Waals surface area contributed by atoms with E-state index >= 15 is 0 Å². The number of benzene rings is 1. The van der Waals surface area contributed by atoms with E-state index in [0.717, 1.165) is 16.7 Å². The van der Waals surface area contributed by atoms with Crippen molar-refractivity contribution in [1.29, 1.82) is 0 Å². The van der Waals surface area contributed by atoms with Crippen LogP contribution in [0.4, 0.5) is 4.79 Å². The fourth-order valence-electron chi connectivity index (χ4n) is 2.13. The second-order valence-electron chi connectivity index (χ2n) is 6.04. The number of hydrogen-bond donors (Lipinski definition) is 1. The molecule has 0 saturated carbocycles. The molecule has 0 bridgehead atoms. The van der Waals surface area contributed by atoms with Crippen LogP contribution < -0.4 is 0 Å². The van der Waals surface area contributed by atoms with Gasteiger partial charge in [0.15, 0.2) is 0 Å². The Bertz CT molecular complexity index is 489. The zero-order valence-corrected chi connectivity index (χ0v) is 11.9. The quantitative estimate of drug-likeness (QED) is 0.847. The minimum absolute atomic E-state index is 0.290. The number of carbonyl (C=O) groups is 1. The molecule has 1 aliphatic heterocycles. The van der Waals surface area contributed by atoms with E-state index in [4.69, 9.17) is 4.74 Å². The first-order valence-electron chi connectivity index (χ1n) is 6.54. The van der Waals surface area contributed by atoms with Gasteiger partial charge in [-0.15, -0.1) is 0 Å². The van der Waals surface area contributed by atoms with Gasteiger partial charge in [-0.25, -0.2) is 4.79 Å². The molecule has 19 heavy (non-hydrogen) atoms. The number of carbonyl (C=O) groups excluding carboxylic acids is 1. The van der Waals surface area contributed by atoms with Crippen LogP contribution in [0.3, 0.4) is 0 Å². The molecule has 1 heterocycles. The normalized spacial score (nSPS) is 16.2. The van der Waals surface area contributed by atoms with E-state index in [-0.39, 0.29) is 6.09 Å². The van der Waals surface area contributed by atoms with Crippen molar-refractivity contribution in [3.05, 3.63) is 34.9 Å². The lowest BCUT2D eigenvalue weighted by molar-refractivity contribution is 0.0242. The molecule has 0 aliphatic carbocycles. The van der Waals surface area contributed by atoms with Gasteiger partial charge in [0.05, 0.1) is 6.10 Å². The Morgan fingerprint density at radius 2 is 1.95 bits per heavy atom. The second kappa shape index (κ2) is 4.85. The average molecular weight is 263 g/mol. The molecule has 1 atom stereocenters. The molecule has 1 aliphatic rings. The van der Waals surface area contributed by atoms with Crippen LogP contribution in [-0.4, -0.2) is 21.7 Å². The van der Waals surface area contributed by atoms with Gasteiger partial charge in [0.1, 0.15) is 5.60 Å². The van der Waals surface area contributed by atoms with Crippen molar-refractivity contribution in [3.63, 3.8) is 0 Å². The van der Waals surface area contributed by atoms with Crippen molar-refractivity contribution in [2.24, 2.45) is 0 Å². The number of aliphatic hydroxyl groups is 1. The molecular formula is C15H21NO3. The van der Waals surface area contributed by atoms with E-state index in [0.29, 0.717) is 13.1 Å². The van der Waals surface area contributed by atoms with Crippen LogP contribution in [-0.2, 0) is 17.8 Å². The van der Waals surface area contributed by atoms with Gasteiger partial charge in [-0.2, -0.15) is 0 Å². The Hall–Kier alpha value is -1.55. The molecule has 0 saturated heterocycles. The van der Waals surface area contributed by atoms with Crippen LogP contribution in [0.25, 0.3) is 0 Å². The van der Waals surface area contributed by atoms with Crippen molar-refractivity contribution in [2.75, 3.05) is 0 Å². The second-order valence-corrected chi connectivity index (χ2v) is 6.04. The van der Waals surface area contributed by atoms with Crippen molar-refractivity contribution in [1.82, 2.24) is 4.90 Å². The van der Waals surface area contributed by atoms with Crippen molar-refractivity contribution in [3.8, 4) is 0 Å². The molecule has 0 radical (unpaired) electrons. The smallest absolute Gasteiger partial charge is 0.410 e. The third kappa shape index (κ3) is 3.26. The van der Waals surface area contributed by atoms with E-state index < -0.39 is 11.7 Å². The van der Waals surface area contributed by atoms with Crippen molar-refractivity contribution < 1.29 is 14.6 Å². The first-order valence-corrected chi connectivity index (χ1v) is 6.54. The number of fused-ring (bicyclic) bond motifs is 1. The topological polar surface area (TPSA) is 49.8 Å². The molecule has 2 rings (SSSR count). The summed E-state index contributed by atoms with van der Waals surface area (Å²) < 4.78 is 5.37. The maximum atomic E-state index is 12.0. The molecule has 4 heteroatoms. The van der Waals surface area contributed by atoms with Gasteiger partial charge >= 0.3 is 6.09 Å². The van der Waals surface area contributed by atoms with Crippen molar-refractivity contribution in [2.45, 2.75) is 52.5 Å². The third-order valence-electron chi connectivity index (χ3n) is 3.09. The minimum Gasteiger partial charge on any atom is -0.444 e. The highest BCUT2D eigenvalue weighted by Gasteiger charge is 2.27. The Morgan fingerprint density at radius 1 is 1.32 bits per heavy atom. The minimum atomic E-state index is -0.485. The van der Waals surface area contributed by atoms with Gasteiger partial charge in [0.25, 0.3) is 0 Å². The predicted octanol–water partition coefficient (Wildman–Crippen LogP) is 2.99. The summed E-state index contributed by atoms with van der Waals surface area (Å²) in [7, 11) is 0. The largest absolute Gasteiger partial charge is 0.444 e. The summed E-state index contributed by atoms with van der Waals surface area (Å²) in [6, 6.07) is 5.84. The predicted molar refractivity (Wildman–Crippen MR) is 72.6 cm³/mol. The highest BCUT2D eigenvalue weighted by Crippen LogP contribution is 2.27. The number of aliphatic hydroxyl groups excluding tert-OH is 1. The van der Waals surface area contributed by atoms with Crippen LogP contribution in [0.5, 0.6) is 0 Å². The van der Waals surface area contributed by atoms with Gasteiger partial charge in [-0.3, -0.25) is 4.90 Å². The van der Waals surface area contributed by atoms with E-state index in [1.54, 1.807) is 11.8 Å². The van der Waals surface area contributed by atoms with E-state index in [1.807, 2.05) is 39.0 Å². The lowest BCUT2D eigenvalue weighted by Gasteiger charge is -2.24. The van der Waals surface area contributed by atoms with Crippen LogP contribution in [0, 0.1) is 0 Å². The molecule has 0 aromatic heterocycles. The summed E-state index contributed by atoms with van der Waals surface area (Å²) in [6.07, 6.45) is -0.775. The number of hydrogen-bond acceptors (Lipinski definition) is 3. The number of amides is 1. The van der Waals surface area contributed by atoms with Crippen LogP contribution in [0.15, 0.2) is 18.2 Å². The standard InChI is InChI=1S/C15H21NO3/c1-10(17)11-5-6-12-8-16(9-13(12)7-11)14(18)19-15(2,3)4/h5-7,10,17H,8-9H2,1-4H3. The van der Waals surface area contributed by atoms with Gasteiger partial charge in [-0.1, -0.05) is 18.2 Å². The number of ether oxygens (including phenoxy) is 1. The molecule has 1 aromatic carbocycles. The number of nitrogens with zero attached hydrogens (tertiary/aromatic N) is 1. The van der Waals surface area contributed by atoms with Gasteiger partial charge in [-0.05, 0) is 44.4 Å². The zero-order chi connectivity index (χ0) is 14.2. The maximum Gasteiger partial charge on any atom is 0.410 e. The zero-order valence-electron chi connectivity index (χ0n) is 11.9. The maximum absolute atomic E-state index is 12.0. The lowest BCUT2D eigenvalue weighted by Crippen LogP contribution is -2.33. The van der Waals surface area contributed by atoms with E-state index in [2.05, 4.69) is 0 Å². The van der Waals surface area contributed by atoms with Crippen LogP contribution in [0.2, 0.25) is 0 Å². The first-order chi connectivity index (χ1) is 8.76. The average Bonchev–Trinajstić information content (AvgIpc) is 2.68. The third-order valence-corrected chi connectivity index (χ3v) is 3.09. The summed E-state index contributed by atoms with van der Waals surface area (Å²) in [5.74, 6) is 0. The Labute approximate surface area is 114 Å². The monoisotopic (exact) mass is 263 g/mol. The molecule has 104 valence electrons. The van der Waals surface area contributed by atoms with E-state index in [9.17, 15) is 9.90 Å². The molecule has 4 nitrogen and oxygen atoms in total. The Kier molecular flexibility index (Phi) is 3.54. The molecule has 1 N–H and O–H groups in total. The first kappa shape index (κ1) is 13.9. The summed E-state index contributed by atoms with van der Waals surface area (Å²) in [5, 5.41) is 9.58.